The predicted octanol–water partition coefficient (Wildman–Crippen LogP) is -13.4. The van der Waals surface area contributed by atoms with E-state index >= 15 is 0 Å². The van der Waals surface area contributed by atoms with Crippen molar-refractivity contribution in [2.75, 3.05) is 105 Å². The zero-order chi connectivity index (χ0) is 95.5. The van der Waals surface area contributed by atoms with Crippen molar-refractivity contribution in [2.45, 2.75) is 173 Å². The van der Waals surface area contributed by atoms with Crippen molar-refractivity contribution in [3.63, 3.8) is 0 Å². The van der Waals surface area contributed by atoms with Gasteiger partial charge in [-0.3, -0.25) is 24.0 Å². The lowest BCUT2D eigenvalue weighted by Crippen LogP contribution is -2.56. The average molecular weight is 1910 g/mol. The summed E-state index contributed by atoms with van der Waals surface area (Å²) in [5.41, 5.74) is 45.3. The Balaban J connectivity index is 0.000000769. The minimum Gasteiger partial charge on any atom is -0.480 e. The number of carboxylic acid groups (broad SMARTS) is 5. The summed E-state index contributed by atoms with van der Waals surface area (Å²) in [4.78, 5) is 57.3. The molecule has 0 aromatic rings. The minimum atomic E-state index is -4.79. The lowest BCUT2D eigenvalue weighted by atomic mass is 9.78. The van der Waals surface area contributed by atoms with Gasteiger partial charge in [-0.05, 0) is 63.7 Å². The van der Waals surface area contributed by atoms with Gasteiger partial charge in [-0.2, -0.15) is 86.2 Å². The van der Waals surface area contributed by atoms with Crippen molar-refractivity contribution in [3.05, 3.63) is 0 Å². The van der Waals surface area contributed by atoms with Gasteiger partial charge in [0.2, 0.25) is 0 Å². The maximum atomic E-state index is 13.2. The molecule has 123 heavy (non-hydrogen) atoms. The van der Waals surface area contributed by atoms with Crippen LogP contribution in [0.15, 0.2) is 0 Å². The van der Waals surface area contributed by atoms with Crippen LogP contribution < -0.4 is 80.9 Å². The first-order chi connectivity index (χ1) is 56.1. The Morgan fingerprint density at radius 2 is 0.626 bits per heavy atom. The van der Waals surface area contributed by atoms with Crippen LogP contribution in [0.4, 0.5) is 39.5 Å². The summed E-state index contributed by atoms with van der Waals surface area (Å²) in [6, 6.07) is -6.90. The predicted molar refractivity (Wildman–Crippen MR) is 419 cm³/mol. The fourth-order valence-electron chi connectivity index (χ4n) is 13.0. The summed E-state index contributed by atoms with van der Waals surface area (Å²) >= 11 is 0. The molecule has 5 aliphatic heterocycles. The van der Waals surface area contributed by atoms with Crippen molar-refractivity contribution in [1.82, 2.24) is 45.1 Å². The number of rotatable bonds is 48. The fraction of sp³-hybridized carbons (Fsp3) is 0.907. The third-order valence-corrected chi connectivity index (χ3v) is 28.1. The van der Waals surface area contributed by atoms with Crippen molar-refractivity contribution < 1.29 is 181 Å². The van der Waals surface area contributed by atoms with Crippen molar-refractivity contribution in [3.8, 4) is 0 Å². The van der Waals surface area contributed by atoms with Crippen molar-refractivity contribution in [2.24, 2.45) is 86.9 Å². The van der Waals surface area contributed by atoms with Crippen LogP contribution in [0.1, 0.15) is 64.2 Å². The molecule has 5 fully saturated rings. The highest BCUT2D eigenvalue weighted by molar-refractivity contribution is 7.88. The standard InChI is InChI=1S/C11H22BF3N4O6S.2C11H23BF2N4O6S.C11H24BFN4O6S.C10H22BFN4O6S/c13-11(14,15)8(16)4-18-26(24,25)19-5-7(2-1-3-12(22)23)10(17,6-19)9(20)21;13-9(14)8(15)4-17-25(23,24)18-5-7(2-1-3-12(21)22)11(16,6-18)10(19)20;13-9(14)8(4-15)17-25(23,24)18-5-7(2-1-3-12(21)22)11(16,6-18)10(19)20;13-4-9(14)5-16-24(22,23)17-6-8(2-1-3-12(20)21)11(15,7-17)10(18)19;12-8(4-13)15-23(21,22)16-5-7(2-1-3-11(19)20)10(14,6-16)9(17)18/h7-8,18,22-23H,1-6,16-17H2,(H,20,21);2*7-9,17,21-22H,1-6,15-16H2,(H,19,20);8-9,16,20-21H,1-7,14-15H2,(H,18,19);7-8,15,19-20H,1-6,13-14H2,(H,17,18)/t7-,8-,10-;2*7-,8-,11-;8-,9+,11-;7-,8-,10-/m00000/s1. The Bertz CT molecular complexity index is 3940. The Labute approximate surface area is 704 Å². The molecule has 718 valence electrons. The lowest BCUT2D eigenvalue weighted by molar-refractivity contribution is -0.146. The summed E-state index contributed by atoms with van der Waals surface area (Å²) in [6.45, 7) is -8.12. The second-order valence-corrected chi connectivity index (χ2v) is 38.6. The highest BCUT2D eigenvalue weighted by Crippen LogP contribution is 2.37. The van der Waals surface area contributed by atoms with Gasteiger partial charge >= 0.3 is 71.6 Å². The zero-order valence-corrected chi connectivity index (χ0v) is 70.1. The van der Waals surface area contributed by atoms with Gasteiger partial charge in [0, 0.05) is 134 Å². The number of nitrogens with one attached hydrogen (secondary N) is 5. The number of nitrogens with two attached hydrogens (primary N) is 10. The molecule has 50 nitrogen and oxygen atoms in total. The molecule has 69 heteroatoms. The molecule has 0 saturated carbocycles. The summed E-state index contributed by atoms with van der Waals surface area (Å²) in [5.74, 6) is -10.9. The van der Waals surface area contributed by atoms with Crippen LogP contribution in [0.3, 0.4) is 0 Å². The van der Waals surface area contributed by atoms with Crippen molar-refractivity contribution >= 4 is 116 Å². The average Bonchev–Trinajstić information content (AvgIpc) is 1.65. The molecule has 5 heterocycles. The van der Waals surface area contributed by atoms with E-state index in [2.05, 4.69) is 4.72 Å². The maximum Gasteiger partial charge on any atom is 0.451 e. The van der Waals surface area contributed by atoms with Gasteiger partial charge < -0.3 is 133 Å². The van der Waals surface area contributed by atoms with E-state index in [1.165, 1.54) is 0 Å². The molecule has 0 bridgehead atoms. The number of alkyl halides is 9. The second-order valence-electron chi connectivity index (χ2n) is 30.0. The van der Waals surface area contributed by atoms with Crippen LogP contribution in [-0.2, 0) is 75.0 Å². The topological polar surface area (TPSA) is 896 Å². The van der Waals surface area contributed by atoms with E-state index in [4.69, 9.17) is 108 Å². The third kappa shape index (κ3) is 36.1. The molecule has 5 saturated heterocycles. The number of nitrogens with zero attached hydrogens (tertiary/aromatic N) is 5. The van der Waals surface area contributed by atoms with E-state index in [1.54, 1.807) is 14.2 Å². The Hall–Kier alpha value is -4.41. The molecule has 0 unspecified atom stereocenters. The van der Waals surface area contributed by atoms with Gasteiger partial charge in [0.1, 0.15) is 40.4 Å². The second kappa shape index (κ2) is 50.1. The van der Waals surface area contributed by atoms with Crippen LogP contribution in [0.5, 0.6) is 0 Å². The molecule has 5 aliphatic rings. The fourth-order valence-corrected chi connectivity index (χ4v) is 19.8. The first-order valence-electron chi connectivity index (χ1n) is 37.3. The molecule has 5 rings (SSSR count). The number of carboxylic acids is 5. The van der Waals surface area contributed by atoms with E-state index < -0.39 is 289 Å². The largest absolute Gasteiger partial charge is 0.480 e. The highest BCUT2D eigenvalue weighted by atomic mass is 32.2. The minimum absolute atomic E-state index is 0.0108. The van der Waals surface area contributed by atoms with E-state index in [0.717, 1.165) is 12.9 Å². The van der Waals surface area contributed by atoms with Gasteiger partial charge in [-0.15, -0.1) is 0 Å². The monoisotopic (exact) mass is 1910 g/mol. The molecular weight excluding hydrogens is 1790 g/mol. The molecule has 0 aromatic carbocycles. The van der Waals surface area contributed by atoms with Gasteiger partial charge in [0.05, 0.1) is 12.1 Å². The van der Waals surface area contributed by atoms with E-state index in [-0.39, 0.29) is 135 Å². The van der Waals surface area contributed by atoms with Crippen LogP contribution in [0.2, 0.25) is 31.6 Å². The first kappa shape index (κ1) is 117. The lowest BCUT2D eigenvalue weighted by Gasteiger charge is -2.25. The third-order valence-electron chi connectivity index (χ3n) is 20.5. The van der Waals surface area contributed by atoms with Gasteiger partial charge in [-0.25, -0.2) is 40.5 Å². The number of hydrogen-bond donors (Lipinski definition) is 30. The number of aliphatic carboxylic acids is 5. The molecule has 0 aromatic heterocycles. The molecule has 0 radical (unpaired) electrons. The molecule has 0 spiro atoms. The number of halogens is 9. The maximum absolute atomic E-state index is 13.2. The Kier molecular flexibility index (Phi) is 47.5. The van der Waals surface area contributed by atoms with Gasteiger partial charge in [0.15, 0.2) is 6.30 Å². The molecular formula is C54H114B5F9N20O30S5. The quantitative estimate of drug-likeness (QED) is 0.0153. The molecule has 40 N–H and O–H groups in total. The zero-order valence-electron chi connectivity index (χ0n) is 66.0. The van der Waals surface area contributed by atoms with E-state index in [1.807, 2.05) is 4.72 Å². The Morgan fingerprint density at radius 3 is 0.829 bits per heavy atom. The SMILES string of the molecule is NC[C@@H](F)NS(=O)(=O)N1C[C@H](CCCB(O)O)[C@](N)(C(=O)O)C1.NC[C@H](NS(=O)(=O)N1C[C@H](CCCB(O)O)[C@](N)(C(=O)O)C1)C(F)F.N[C@@H](CNS(=O)(=O)N1C[C@H](CCCB(O)O)[C@](N)(C(=O)O)C1)C(F)(F)F.N[C@@H](CNS(=O)(=O)N1C[C@H](CCCB(O)O)[C@](N)(C(=O)O)C1)C(F)F.N[C@H](CF)CNS(=O)(=O)N1C[C@H](CCCB(O)O)[C@](N)(C(=O)O)C1. The van der Waals surface area contributed by atoms with Gasteiger partial charge in [0.25, 0.3) is 63.9 Å². The first-order valence-corrected chi connectivity index (χ1v) is 44.5. The normalized spacial score (nSPS) is 26.3. The summed E-state index contributed by atoms with van der Waals surface area (Å²) in [6.07, 6.45) is -10.8. The smallest absolute Gasteiger partial charge is 0.451 e. The summed E-state index contributed by atoms with van der Waals surface area (Å²) < 4.78 is 247. The van der Waals surface area contributed by atoms with Crippen LogP contribution >= 0.6 is 0 Å². The van der Waals surface area contributed by atoms with Crippen molar-refractivity contribution in [1.29, 1.82) is 0 Å². The summed E-state index contributed by atoms with van der Waals surface area (Å²) in [7, 11) is -29.2. The number of carbonyl (C=O) groups is 5. The van der Waals surface area contributed by atoms with Crippen LogP contribution in [0, 0.1) is 29.6 Å². The highest BCUT2D eigenvalue weighted by Gasteiger charge is 2.58. The number of hydrogen-bond acceptors (Lipinski definition) is 35. The van der Waals surface area contributed by atoms with E-state index in [9.17, 15) is 131 Å². The van der Waals surface area contributed by atoms with Gasteiger partial charge in [-0.1, -0.05) is 32.1 Å². The molecule has 0 amide bonds. The molecule has 15 atom stereocenters. The van der Waals surface area contributed by atoms with Crippen LogP contribution in [-0.4, -0.2) is 387 Å². The van der Waals surface area contributed by atoms with Crippen LogP contribution in [0.25, 0.3) is 0 Å². The Morgan fingerprint density at radius 1 is 0.390 bits per heavy atom. The van der Waals surface area contributed by atoms with E-state index in [0.29, 0.717) is 8.61 Å². The summed E-state index contributed by atoms with van der Waals surface area (Å²) in [5, 5.41) is 135. The molecule has 0 aliphatic carbocycles.